The van der Waals surface area contributed by atoms with Gasteiger partial charge in [0.25, 0.3) is 11.8 Å². The average Bonchev–Trinajstić information content (AvgIpc) is 3.11. The molecule has 10 heteroatoms. The van der Waals surface area contributed by atoms with Gasteiger partial charge in [-0.1, -0.05) is 35.9 Å². The predicted molar refractivity (Wildman–Crippen MR) is 124 cm³/mol. The Morgan fingerprint density at radius 1 is 1.12 bits per heavy atom. The average molecular weight is 484 g/mol. The van der Waals surface area contributed by atoms with Gasteiger partial charge in [0.2, 0.25) is 5.91 Å². The number of carbonyl (C=O) groups is 3. The van der Waals surface area contributed by atoms with Gasteiger partial charge in [-0.25, -0.2) is 9.07 Å². The molecule has 1 saturated heterocycles. The maximum atomic E-state index is 13.1. The Morgan fingerprint density at radius 3 is 2.47 bits per heavy atom. The summed E-state index contributed by atoms with van der Waals surface area (Å²) in [6.07, 6.45) is 0. The molecule has 176 valence electrons. The van der Waals surface area contributed by atoms with E-state index in [1.54, 1.807) is 43.3 Å². The van der Waals surface area contributed by atoms with E-state index in [2.05, 4.69) is 15.7 Å². The lowest BCUT2D eigenvalue weighted by Crippen LogP contribution is -2.49. The third-order valence-corrected chi connectivity index (χ3v) is 5.90. The second-order valence-corrected chi connectivity index (χ2v) is 8.35. The molecule has 2 N–H and O–H groups in total. The van der Waals surface area contributed by atoms with Gasteiger partial charge in [0.1, 0.15) is 11.0 Å². The summed E-state index contributed by atoms with van der Waals surface area (Å²) < 4.78 is 14.6. The molecule has 1 aromatic heterocycles. The van der Waals surface area contributed by atoms with Crippen molar-refractivity contribution in [1.29, 1.82) is 0 Å². The molecule has 34 heavy (non-hydrogen) atoms. The summed E-state index contributed by atoms with van der Waals surface area (Å²) in [5.74, 6) is -1.08. The second-order valence-electron chi connectivity index (χ2n) is 7.99. The van der Waals surface area contributed by atoms with Crippen LogP contribution in [-0.2, 0) is 17.9 Å². The van der Waals surface area contributed by atoms with E-state index < -0.39 is 0 Å². The van der Waals surface area contributed by atoms with Crippen molar-refractivity contribution in [3.05, 3.63) is 87.4 Å². The lowest BCUT2D eigenvalue weighted by molar-refractivity contribution is -0.123. The van der Waals surface area contributed by atoms with Crippen LogP contribution in [0.2, 0.25) is 5.15 Å². The Bertz CT molecular complexity index is 1220. The number of piperazine rings is 1. The third kappa shape index (κ3) is 5.26. The summed E-state index contributed by atoms with van der Waals surface area (Å²) >= 11 is 6.42. The van der Waals surface area contributed by atoms with Gasteiger partial charge < -0.3 is 15.5 Å². The Hall–Kier alpha value is -3.72. The number of hydrogen-bond acceptors (Lipinski definition) is 4. The van der Waals surface area contributed by atoms with Gasteiger partial charge in [0.05, 0.1) is 24.3 Å². The standard InChI is InChI=1S/C24H23ClFN5O3/c1-15-21(22(25)31(29-15)13-17-4-8-19(26)9-5-17)23(33)28-12-16-2-6-18(7-3-16)24(34)30-11-10-27-20(32)14-30/h2-9H,10-14H2,1H3,(H,27,32)(H,28,33). The Labute approximate surface area is 200 Å². The van der Waals surface area contributed by atoms with Crippen molar-refractivity contribution < 1.29 is 18.8 Å². The van der Waals surface area contributed by atoms with E-state index in [4.69, 9.17) is 11.6 Å². The Balaban J connectivity index is 1.38. The lowest BCUT2D eigenvalue weighted by atomic mass is 10.1. The molecule has 0 atom stereocenters. The number of nitrogens with zero attached hydrogens (tertiary/aromatic N) is 3. The zero-order valence-corrected chi connectivity index (χ0v) is 19.2. The molecule has 0 spiro atoms. The van der Waals surface area contributed by atoms with Crippen LogP contribution >= 0.6 is 11.6 Å². The van der Waals surface area contributed by atoms with Gasteiger partial charge >= 0.3 is 0 Å². The van der Waals surface area contributed by atoms with Crippen LogP contribution in [0, 0.1) is 12.7 Å². The molecular formula is C24H23ClFN5O3. The van der Waals surface area contributed by atoms with Gasteiger partial charge in [0.15, 0.2) is 0 Å². The van der Waals surface area contributed by atoms with E-state index in [-0.39, 0.29) is 47.3 Å². The number of aryl methyl sites for hydroxylation is 1. The van der Waals surface area contributed by atoms with Gasteiger partial charge in [-0.15, -0.1) is 0 Å². The highest BCUT2D eigenvalue weighted by atomic mass is 35.5. The van der Waals surface area contributed by atoms with Crippen molar-refractivity contribution in [3.8, 4) is 0 Å². The fourth-order valence-corrected chi connectivity index (χ4v) is 4.03. The molecule has 2 heterocycles. The first-order chi connectivity index (χ1) is 16.3. The highest BCUT2D eigenvalue weighted by Crippen LogP contribution is 2.21. The van der Waals surface area contributed by atoms with Crippen molar-refractivity contribution in [2.45, 2.75) is 20.0 Å². The second kappa shape index (κ2) is 10.0. The molecule has 0 saturated carbocycles. The summed E-state index contributed by atoms with van der Waals surface area (Å²) in [6, 6.07) is 12.8. The number of nitrogens with one attached hydrogen (secondary N) is 2. The molecule has 2 aromatic carbocycles. The van der Waals surface area contributed by atoms with Crippen LogP contribution in [-0.4, -0.2) is 52.0 Å². The third-order valence-electron chi connectivity index (χ3n) is 5.52. The maximum absolute atomic E-state index is 13.1. The lowest BCUT2D eigenvalue weighted by Gasteiger charge is -2.26. The Kier molecular flexibility index (Phi) is 6.93. The molecule has 0 bridgehead atoms. The minimum Gasteiger partial charge on any atom is -0.353 e. The van der Waals surface area contributed by atoms with Gasteiger partial charge in [-0.2, -0.15) is 5.10 Å². The fraction of sp³-hybridized carbons (Fsp3) is 0.250. The largest absolute Gasteiger partial charge is 0.353 e. The summed E-state index contributed by atoms with van der Waals surface area (Å²) in [5, 5.41) is 10.1. The maximum Gasteiger partial charge on any atom is 0.256 e. The van der Waals surface area contributed by atoms with E-state index in [0.717, 1.165) is 11.1 Å². The molecule has 3 aromatic rings. The number of benzene rings is 2. The minimum absolute atomic E-state index is 0.0472. The molecule has 0 radical (unpaired) electrons. The predicted octanol–water partition coefficient (Wildman–Crippen LogP) is 2.53. The highest BCUT2D eigenvalue weighted by Gasteiger charge is 2.23. The normalized spacial score (nSPS) is 13.5. The minimum atomic E-state index is -0.368. The first-order valence-electron chi connectivity index (χ1n) is 10.7. The summed E-state index contributed by atoms with van der Waals surface area (Å²) in [6.45, 7) is 3.20. The van der Waals surface area contributed by atoms with Crippen LogP contribution in [0.3, 0.4) is 0 Å². The van der Waals surface area contributed by atoms with Crippen LogP contribution in [0.1, 0.15) is 37.5 Å². The van der Waals surface area contributed by atoms with Crippen molar-refractivity contribution in [2.75, 3.05) is 19.6 Å². The van der Waals surface area contributed by atoms with Crippen LogP contribution in [0.15, 0.2) is 48.5 Å². The molecule has 8 nitrogen and oxygen atoms in total. The van der Waals surface area contributed by atoms with E-state index >= 15 is 0 Å². The summed E-state index contributed by atoms with van der Waals surface area (Å²) in [5.41, 5.74) is 2.84. The molecule has 0 aliphatic carbocycles. The first kappa shape index (κ1) is 23.4. The van der Waals surface area contributed by atoms with Gasteiger partial charge in [-0.05, 0) is 42.3 Å². The SMILES string of the molecule is Cc1nn(Cc2ccc(F)cc2)c(Cl)c1C(=O)NCc1ccc(C(=O)N2CCNC(=O)C2)cc1. The molecule has 4 rings (SSSR count). The van der Waals surface area contributed by atoms with Crippen molar-refractivity contribution in [3.63, 3.8) is 0 Å². The number of aromatic nitrogens is 2. The fourth-order valence-electron chi connectivity index (χ4n) is 3.71. The number of halogens is 2. The van der Waals surface area contributed by atoms with Crippen molar-refractivity contribution in [2.24, 2.45) is 0 Å². The molecule has 1 fully saturated rings. The number of carbonyl (C=O) groups excluding carboxylic acids is 3. The Morgan fingerprint density at radius 2 is 1.79 bits per heavy atom. The van der Waals surface area contributed by atoms with E-state index in [9.17, 15) is 18.8 Å². The molecule has 1 aliphatic heterocycles. The van der Waals surface area contributed by atoms with E-state index in [0.29, 0.717) is 30.9 Å². The monoisotopic (exact) mass is 483 g/mol. The van der Waals surface area contributed by atoms with Gasteiger partial charge in [0, 0.05) is 25.2 Å². The highest BCUT2D eigenvalue weighted by molar-refractivity contribution is 6.33. The van der Waals surface area contributed by atoms with Crippen LogP contribution in [0.4, 0.5) is 4.39 Å². The van der Waals surface area contributed by atoms with Crippen molar-refractivity contribution >= 4 is 29.3 Å². The molecular weight excluding hydrogens is 461 g/mol. The smallest absolute Gasteiger partial charge is 0.256 e. The number of rotatable bonds is 6. The summed E-state index contributed by atoms with van der Waals surface area (Å²) in [7, 11) is 0. The van der Waals surface area contributed by atoms with E-state index in [1.807, 2.05) is 0 Å². The van der Waals surface area contributed by atoms with Crippen molar-refractivity contribution in [1.82, 2.24) is 25.3 Å². The van der Waals surface area contributed by atoms with Gasteiger partial charge in [-0.3, -0.25) is 14.4 Å². The topological polar surface area (TPSA) is 96.3 Å². The first-order valence-corrected chi connectivity index (χ1v) is 11.1. The zero-order valence-electron chi connectivity index (χ0n) is 18.5. The van der Waals surface area contributed by atoms with E-state index in [1.165, 1.54) is 21.7 Å². The number of hydrogen-bond donors (Lipinski definition) is 2. The molecule has 3 amide bonds. The summed E-state index contributed by atoms with van der Waals surface area (Å²) in [4.78, 5) is 38.4. The zero-order chi connectivity index (χ0) is 24.2. The molecule has 1 aliphatic rings. The quantitative estimate of drug-likeness (QED) is 0.563. The number of amides is 3. The molecule has 0 unspecified atom stereocenters. The van der Waals surface area contributed by atoms with Crippen LogP contribution in [0.25, 0.3) is 0 Å². The van der Waals surface area contributed by atoms with Crippen LogP contribution in [0.5, 0.6) is 0 Å². The van der Waals surface area contributed by atoms with Crippen LogP contribution < -0.4 is 10.6 Å².